The topological polar surface area (TPSA) is 8.81 Å². The molecule has 0 radical (unpaired) electrons. The van der Waals surface area contributed by atoms with E-state index in [9.17, 15) is 0 Å². The summed E-state index contributed by atoms with van der Waals surface area (Å²) < 4.78 is 5.14. The molecule has 0 saturated carbocycles. The van der Waals surface area contributed by atoms with Crippen LogP contribution < -0.4 is 4.57 Å². The van der Waals surface area contributed by atoms with E-state index in [1.54, 1.807) is 0 Å². The monoisotopic (exact) mass is 650 g/mol. The summed E-state index contributed by atoms with van der Waals surface area (Å²) in [5.41, 5.74) is 1.43. The van der Waals surface area contributed by atoms with Crippen LogP contribution in [0.15, 0.2) is 42.7 Å². The molecule has 0 bridgehead atoms. The van der Waals surface area contributed by atoms with E-state index in [1.165, 1.54) is 224 Å². The maximum absolute atomic E-state index is 2.57. The number of aryl methyl sites for hydroxylation is 2. The van der Waals surface area contributed by atoms with Gasteiger partial charge in [0.15, 0.2) is 0 Å². The second-order valence-electron chi connectivity index (χ2n) is 15.0. The number of unbranched alkanes of at least 4 members (excludes halogenated alkanes) is 29. The zero-order valence-electron chi connectivity index (χ0n) is 32.0. The summed E-state index contributed by atoms with van der Waals surface area (Å²) in [4.78, 5) is 0. The van der Waals surface area contributed by atoms with Gasteiger partial charge in [-0.1, -0.05) is 218 Å². The van der Waals surface area contributed by atoms with Crippen LogP contribution in [0.25, 0.3) is 0 Å². The molecule has 0 aliphatic heterocycles. The molecule has 2 aromatic rings. The van der Waals surface area contributed by atoms with Gasteiger partial charge in [-0.3, -0.25) is 0 Å². The Balaban J connectivity index is 1.53. The first kappa shape index (κ1) is 41.6. The third-order valence-corrected chi connectivity index (χ3v) is 10.5. The van der Waals surface area contributed by atoms with Gasteiger partial charge >= 0.3 is 0 Å². The van der Waals surface area contributed by atoms with Crippen molar-refractivity contribution in [2.75, 3.05) is 0 Å². The summed E-state index contributed by atoms with van der Waals surface area (Å²) in [5, 5.41) is 0. The van der Waals surface area contributed by atoms with Crippen LogP contribution in [0.2, 0.25) is 0 Å². The zero-order chi connectivity index (χ0) is 33.3. The van der Waals surface area contributed by atoms with E-state index in [4.69, 9.17) is 0 Å². The molecular weight excluding hydrogens is 569 g/mol. The lowest BCUT2D eigenvalue weighted by Crippen LogP contribution is -2.37. The molecule has 0 atom stereocenters. The van der Waals surface area contributed by atoms with E-state index in [0.717, 1.165) is 6.42 Å². The predicted molar refractivity (Wildman–Crippen MR) is 208 cm³/mol. The predicted octanol–water partition coefficient (Wildman–Crippen LogP) is 14.5. The maximum Gasteiger partial charge on any atom is 0.260 e. The quantitative estimate of drug-likeness (QED) is 0.0519. The number of hydrogen-bond donors (Lipinski definition) is 0. The van der Waals surface area contributed by atoms with Crippen LogP contribution in [0.5, 0.6) is 0 Å². The molecule has 0 fully saturated rings. The number of nitrogens with zero attached hydrogens (tertiary/aromatic N) is 2. The van der Waals surface area contributed by atoms with Crippen molar-refractivity contribution in [2.24, 2.45) is 0 Å². The molecule has 1 aromatic heterocycles. The van der Waals surface area contributed by atoms with E-state index >= 15 is 0 Å². The molecule has 1 aromatic carbocycles. The lowest BCUT2D eigenvalue weighted by molar-refractivity contribution is -0.703. The highest BCUT2D eigenvalue weighted by molar-refractivity contribution is 5.18. The molecule has 0 spiro atoms. The van der Waals surface area contributed by atoms with Gasteiger partial charge < -0.3 is 0 Å². The molecule has 0 unspecified atom stereocenters. The Bertz CT molecular complexity index is 900. The highest BCUT2D eigenvalue weighted by atomic mass is 15.1. The maximum atomic E-state index is 2.57. The van der Waals surface area contributed by atoms with E-state index in [-0.39, 0.29) is 0 Å². The van der Waals surface area contributed by atoms with Gasteiger partial charge in [0, 0.05) is 0 Å². The molecule has 47 heavy (non-hydrogen) atoms. The Kier molecular flexibility index (Phi) is 28.0. The van der Waals surface area contributed by atoms with Crippen LogP contribution in [0.3, 0.4) is 0 Å². The smallest absolute Gasteiger partial charge is 0.234 e. The normalized spacial score (nSPS) is 11.5. The van der Waals surface area contributed by atoms with Crippen LogP contribution in [0, 0.1) is 0 Å². The van der Waals surface area contributed by atoms with Crippen LogP contribution in [-0.4, -0.2) is 4.57 Å². The Morgan fingerprint density at radius 2 is 0.787 bits per heavy atom. The van der Waals surface area contributed by atoms with Gasteiger partial charge in [0.05, 0.1) is 19.5 Å². The summed E-state index contributed by atoms with van der Waals surface area (Å²) in [5.74, 6) is 1.50. The van der Waals surface area contributed by atoms with Gasteiger partial charge in [-0.2, -0.15) is 0 Å². The van der Waals surface area contributed by atoms with Gasteiger partial charge in [0.25, 0.3) is 5.82 Å². The highest BCUT2D eigenvalue weighted by Gasteiger charge is 2.17. The van der Waals surface area contributed by atoms with Crippen LogP contribution in [0.4, 0.5) is 0 Å². The summed E-state index contributed by atoms with van der Waals surface area (Å²) in [6, 6.07) is 11.1. The first-order valence-corrected chi connectivity index (χ1v) is 21.5. The number of imidazole rings is 1. The molecule has 1 heterocycles. The minimum atomic E-state index is 1.05. The van der Waals surface area contributed by atoms with Crippen molar-refractivity contribution in [3.63, 3.8) is 0 Å². The Morgan fingerprint density at radius 1 is 0.426 bits per heavy atom. The fourth-order valence-corrected chi connectivity index (χ4v) is 7.37. The third-order valence-electron chi connectivity index (χ3n) is 10.5. The Hall–Kier alpha value is -1.57. The standard InChI is InChI=1S/C45H81N2/c1-3-5-7-9-11-13-15-17-19-21-23-25-27-29-31-36-40-47-42-41-46(45(47)43-44-37-33-32-34-38-44)39-35-30-28-26-24-22-20-18-16-14-12-10-8-6-4-2/h32-34,37-38,41-42H,3-31,35-36,39-40,43H2,1-2H3/q+1. The average Bonchev–Trinajstić information content (AvgIpc) is 3.47. The molecule has 0 N–H and O–H groups in total. The Morgan fingerprint density at radius 3 is 1.19 bits per heavy atom. The lowest BCUT2D eigenvalue weighted by atomic mass is 10.0. The van der Waals surface area contributed by atoms with Gasteiger partial charge in [-0.05, 0) is 31.2 Å². The second-order valence-corrected chi connectivity index (χ2v) is 15.0. The molecule has 2 heteroatoms. The third kappa shape index (κ3) is 23.4. The minimum Gasteiger partial charge on any atom is -0.234 e. The molecule has 0 amide bonds. The SMILES string of the molecule is CCCCCCCCCCCCCCCCCCn1cc[n+](CCCCCCCCCCCCCCCCC)c1Cc1ccccc1. The second kappa shape index (κ2) is 31.7. The van der Waals surface area contributed by atoms with Gasteiger partial charge in [0.2, 0.25) is 0 Å². The van der Waals surface area contributed by atoms with Gasteiger partial charge in [-0.25, -0.2) is 9.13 Å². The van der Waals surface area contributed by atoms with Crippen molar-refractivity contribution >= 4 is 0 Å². The van der Waals surface area contributed by atoms with E-state index < -0.39 is 0 Å². The summed E-state index contributed by atoms with van der Waals surface area (Å²) >= 11 is 0. The number of benzene rings is 1. The van der Waals surface area contributed by atoms with Crippen molar-refractivity contribution in [2.45, 2.75) is 232 Å². The van der Waals surface area contributed by atoms with Crippen molar-refractivity contribution < 1.29 is 4.57 Å². The van der Waals surface area contributed by atoms with Crippen molar-refractivity contribution in [3.05, 3.63) is 54.1 Å². The number of aromatic nitrogens is 2. The number of hydrogen-bond acceptors (Lipinski definition) is 0. The van der Waals surface area contributed by atoms with Crippen molar-refractivity contribution in [1.82, 2.24) is 4.57 Å². The highest BCUT2D eigenvalue weighted by Crippen LogP contribution is 2.16. The van der Waals surface area contributed by atoms with Gasteiger partial charge in [0.1, 0.15) is 12.4 Å². The number of rotatable bonds is 35. The van der Waals surface area contributed by atoms with Crippen LogP contribution in [0.1, 0.15) is 224 Å². The molecule has 0 aliphatic carbocycles. The summed E-state index contributed by atoms with van der Waals surface area (Å²) in [6.45, 7) is 6.96. The first-order valence-electron chi connectivity index (χ1n) is 21.5. The van der Waals surface area contributed by atoms with E-state index in [1.807, 2.05) is 0 Å². The molecule has 2 nitrogen and oxygen atoms in total. The molecule has 2 rings (SSSR count). The van der Waals surface area contributed by atoms with Crippen molar-refractivity contribution in [1.29, 1.82) is 0 Å². The van der Waals surface area contributed by atoms with E-state index in [2.05, 4.69) is 65.7 Å². The van der Waals surface area contributed by atoms with Crippen LogP contribution >= 0.6 is 0 Å². The summed E-state index contributed by atoms with van der Waals surface area (Å²) in [6.07, 6.45) is 50.2. The minimum absolute atomic E-state index is 1.05. The zero-order valence-corrected chi connectivity index (χ0v) is 32.0. The first-order chi connectivity index (χ1) is 23.3. The lowest BCUT2D eigenvalue weighted by Gasteiger charge is -2.07. The Labute approximate surface area is 294 Å². The molecular formula is C45H81N2+. The molecule has 0 saturated heterocycles. The van der Waals surface area contributed by atoms with E-state index in [0.29, 0.717) is 0 Å². The fraction of sp³-hybridized carbons (Fsp3) is 0.800. The molecule has 270 valence electrons. The fourth-order valence-electron chi connectivity index (χ4n) is 7.37. The van der Waals surface area contributed by atoms with Crippen molar-refractivity contribution in [3.8, 4) is 0 Å². The summed E-state index contributed by atoms with van der Waals surface area (Å²) in [7, 11) is 0. The van der Waals surface area contributed by atoms with Gasteiger partial charge in [-0.15, -0.1) is 0 Å². The largest absolute Gasteiger partial charge is 0.260 e. The molecule has 0 aliphatic rings. The average molecular weight is 650 g/mol. The van der Waals surface area contributed by atoms with Crippen LogP contribution in [-0.2, 0) is 19.5 Å².